The van der Waals surface area contributed by atoms with Crippen LogP contribution in [0.25, 0.3) is 0 Å². The minimum atomic E-state index is -4.76. The van der Waals surface area contributed by atoms with Crippen molar-refractivity contribution < 1.29 is 35.9 Å². The van der Waals surface area contributed by atoms with Crippen LogP contribution < -0.4 is 14.4 Å². The number of halogens is 4. The highest BCUT2D eigenvalue weighted by Crippen LogP contribution is 2.36. The second kappa shape index (κ2) is 12.5. The van der Waals surface area contributed by atoms with Crippen molar-refractivity contribution in [3.63, 3.8) is 0 Å². The third kappa shape index (κ3) is 8.01. The third-order valence-corrected chi connectivity index (χ3v) is 8.05. The fourth-order valence-electron chi connectivity index (χ4n) is 4.38. The number of alkyl halides is 3. The molecular weight excluding hydrogens is 559 g/mol. The maximum atomic E-state index is 13.6. The molecule has 3 rings (SSSR count). The lowest BCUT2D eigenvalue weighted by atomic mass is 10.1. The number of rotatable bonds is 10. The lowest BCUT2D eigenvalue weighted by Crippen LogP contribution is -2.52. The van der Waals surface area contributed by atoms with E-state index in [1.807, 2.05) is 0 Å². The molecule has 2 aromatic rings. The summed E-state index contributed by atoms with van der Waals surface area (Å²) in [5, 5.41) is 2.65. The Bertz CT molecular complexity index is 1280. The molecule has 0 radical (unpaired) electrons. The first kappa shape index (κ1) is 30.6. The number of amides is 2. The van der Waals surface area contributed by atoms with Crippen LogP contribution in [0, 0.1) is 0 Å². The van der Waals surface area contributed by atoms with E-state index in [4.69, 9.17) is 16.3 Å². The molecule has 1 N–H and O–H groups in total. The highest BCUT2D eigenvalue weighted by atomic mass is 35.5. The summed E-state index contributed by atoms with van der Waals surface area (Å²) >= 11 is 6.10. The third-order valence-electron chi connectivity index (χ3n) is 6.60. The van der Waals surface area contributed by atoms with Crippen LogP contribution in [-0.2, 0) is 32.3 Å². The second-order valence-electron chi connectivity index (χ2n) is 9.47. The molecule has 214 valence electrons. The predicted molar refractivity (Wildman–Crippen MR) is 142 cm³/mol. The molecule has 0 unspecified atom stereocenters. The van der Waals surface area contributed by atoms with Crippen molar-refractivity contribution in [2.24, 2.45) is 0 Å². The Morgan fingerprint density at radius 2 is 1.74 bits per heavy atom. The summed E-state index contributed by atoms with van der Waals surface area (Å²) in [7, 11) is -2.76. The van der Waals surface area contributed by atoms with Crippen LogP contribution in [0.5, 0.6) is 5.75 Å². The van der Waals surface area contributed by atoms with Gasteiger partial charge in [0.15, 0.2) is 0 Å². The van der Waals surface area contributed by atoms with Crippen LogP contribution in [-0.4, -0.2) is 57.1 Å². The van der Waals surface area contributed by atoms with Gasteiger partial charge in [-0.1, -0.05) is 36.6 Å². The number of anilines is 1. The van der Waals surface area contributed by atoms with E-state index in [-0.39, 0.29) is 17.6 Å². The van der Waals surface area contributed by atoms with E-state index in [0.29, 0.717) is 21.7 Å². The molecule has 0 aliphatic heterocycles. The molecule has 0 heterocycles. The van der Waals surface area contributed by atoms with Crippen molar-refractivity contribution in [2.45, 2.75) is 57.4 Å². The molecule has 0 saturated heterocycles. The summed E-state index contributed by atoms with van der Waals surface area (Å²) in [6, 6.07) is 7.94. The van der Waals surface area contributed by atoms with Crippen LogP contribution in [0.4, 0.5) is 18.9 Å². The van der Waals surface area contributed by atoms with Crippen molar-refractivity contribution in [2.75, 3.05) is 24.2 Å². The van der Waals surface area contributed by atoms with Gasteiger partial charge in [-0.05, 0) is 55.7 Å². The Kier molecular flexibility index (Phi) is 9.76. The highest BCUT2D eigenvalue weighted by molar-refractivity contribution is 7.92. The molecule has 1 aliphatic rings. The lowest BCUT2D eigenvalue weighted by molar-refractivity contribution is -0.139. The van der Waals surface area contributed by atoms with Crippen LogP contribution in [0.2, 0.25) is 5.02 Å². The van der Waals surface area contributed by atoms with Gasteiger partial charge in [0.05, 0.1) is 29.6 Å². The van der Waals surface area contributed by atoms with Gasteiger partial charge < -0.3 is 15.0 Å². The fourth-order valence-corrected chi connectivity index (χ4v) is 5.50. The van der Waals surface area contributed by atoms with Gasteiger partial charge in [-0.2, -0.15) is 13.2 Å². The predicted octanol–water partition coefficient (Wildman–Crippen LogP) is 4.61. The average Bonchev–Trinajstić information content (AvgIpc) is 3.37. The number of sulfonamides is 1. The van der Waals surface area contributed by atoms with Crippen LogP contribution in [0.15, 0.2) is 42.5 Å². The van der Waals surface area contributed by atoms with Crippen molar-refractivity contribution in [3.05, 3.63) is 58.6 Å². The molecule has 0 spiro atoms. The fraction of sp³-hybridized carbons (Fsp3) is 0.462. The maximum Gasteiger partial charge on any atom is 0.416 e. The van der Waals surface area contributed by atoms with Crippen LogP contribution in [0.1, 0.15) is 43.7 Å². The van der Waals surface area contributed by atoms with Crippen LogP contribution >= 0.6 is 11.6 Å². The topological polar surface area (TPSA) is 96.0 Å². The summed E-state index contributed by atoms with van der Waals surface area (Å²) < 4.78 is 71.2. The minimum absolute atomic E-state index is 0.0191. The number of carbonyl (C=O) groups is 2. The zero-order valence-corrected chi connectivity index (χ0v) is 23.4. The lowest BCUT2D eigenvalue weighted by Gasteiger charge is -2.32. The molecule has 13 heteroatoms. The Morgan fingerprint density at radius 3 is 2.28 bits per heavy atom. The number of hydrogen-bond donors (Lipinski definition) is 1. The zero-order valence-electron chi connectivity index (χ0n) is 21.8. The van der Waals surface area contributed by atoms with E-state index in [2.05, 4.69) is 5.32 Å². The molecule has 8 nitrogen and oxygen atoms in total. The molecule has 0 bridgehead atoms. The Hall–Kier alpha value is -2.99. The van der Waals surface area contributed by atoms with Crippen molar-refractivity contribution in [1.29, 1.82) is 0 Å². The minimum Gasteiger partial charge on any atom is -0.497 e. The van der Waals surface area contributed by atoms with Gasteiger partial charge in [-0.15, -0.1) is 0 Å². The van der Waals surface area contributed by atoms with Gasteiger partial charge >= 0.3 is 6.18 Å². The monoisotopic (exact) mass is 589 g/mol. The summed E-state index contributed by atoms with van der Waals surface area (Å²) in [5.41, 5.74) is -0.982. The van der Waals surface area contributed by atoms with E-state index in [1.165, 1.54) is 18.9 Å². The van der Waals surface area contributed by atoms with E-state index in [0.717, 1.165) is 44.1 Å². The summed E-state index contributed by atoms with van der Waals surface area (Å²) in [4.78, 5) is 27.9. The van der Waals surface area contributed by atoms with Gasteiger partial charge in [-0.25, -0.2) is 8.42 Å². The van der Waals surface area contributed by atoms with Crippen LogP contribution in [0.3, 0.4) is 0 Å². The largest absolute Gasteiger partial charge is 0.497 e. The molecule has 39 heavy (non-hydrogen) atoms. The van der Waals surface area contributed by atoms with Gasteiger partial charge in [0.25, 0.3) is 0 Å². The average molecular weight is 590 g/mol. The van der Waals surface area contributed by atoms with Gasteiger partial charge in [0.2, 0.25) is 21.8 Å². The van der Waals surface area contributed by atoms with Gasteiger partial charge in [0, 0.05) is 12.6 Å². The summed E-state index contributed by atoms with van der Waals surface area (Å²) in [6.07, 6.45) is -0.397. The molecule has 1 atom stereocenters. The Morgan fingerprint density at radius 1 is 1.13 bits per heavy atom. The molecule has 0 aromatic heterocycles. The highest BCUT2D eigenvalue weighted by Gasteiger charge is 2.35. The number of benzene rings is 2. The molecular formula is C26H31ClF3N3O5S. The molecule has 1 saturated carbocycles. The van der Waals surface area contributed by atoms with Gasteiger partial charge in [-0.3, -0.25) is 13.9 Å². The summed E-state index contributed by atoms with van der Waals surface area (Å²) in [6.45, 7) is 0.598. The van der Waals surface area contributed by atoms with E-state index in [1.54, 1.807) is 24.3 Å². The number of ether oxygens (including phenoxy) is 1. The first-order valence-corrected chi connectivity index (χ1v) is 14.5. The number of carbonyl (C=O) groups excluding carboxylic acids is 2. The van der Waals surface area contributed by atoms with E-state index >= 15 is 0 Å². The second-order valence-corrected chi connectivity index (χ2v) is 11.8. The SMILES string of the molecule is COc1ccc(CN(C(=O)CN(c2cc(C(F)(F)F)ccc2Cl)S(C)(=O)=O)[C@@H](C)C(=O)NC2CCCC2)cc1. The smallest absolute Gasteiger partial charge is 0.416 e. The number of nitrogens with one attached hydrogen (secondary N) is 1. The molecule has 2 aromatic carbocycles. The number of methoxy groups -OCH3 is 1. The quantitative estimate of drug-likeness (QED) is 0.437. The first-order chi connectivity index (χ1) is 18.2. The number of hydrogen-bond acceptors (Lipinski definition) is 5. The zero-order chi connectivity index (χ0) is 29.0. The Balaban J connectivity index is 1.95. The van der Waals surface area contributed by atoms with E-state index in [9.17, 15) is 31.2 Å². The van der Waals surface area contributed by atoms with Gasteiger partial charge in [0.1, 0.15) is 18.3 Å². The van der Waals surface area contributed by atoms with Crippen molar-refractivity contribution in [3.8, 4) is 5.75 Å². The van der Waals surface area contributed by atoms with Crippen molar-refractivity contribution in [1.82, 2.24) is 10.2 Å². The normalized spacial score (nSPS) is 15.1. The molecule has 1 aliphatic carbocycles. The maximum absolute atomic E-state index is 13.6. The van der Waals surface area contributed by atoms with E-state index < -0.39 is 51.9 Å². The summed E-state index contributed by atoms with van der Waals surface area (Å²) in [5.74, 6) is -0.628. The molecule has 1 fully saturated rings. The number of nitrogens with zero attached hydrogens (tertiary/aromatic N) is 2. The first-order valence-electron chi connectivity index (χ1n) is 12.3. The standard InChI is InChI=1S/C26H31ClF3N3O5S/c1-17(25(35)31-20-6-4-5-7-20)32(15-18-8-11-21(38-2)12-9-18)24(34)16-33(39(3,36)37)23-14-19(26(28,29)30)10-13-22(23)27/h8-14,17,20H,4-7,15-16H2,1-3H3,(H,31,35)/t17-/m0/s1. The van der Waals surface area contributed by atoms with Crippen molar-refractivity contribution >= 4 is 39.1 Å². The molecule has 2 amide bonds. The Labute approximate surface area is 231 Å².